The Morgan fingerprint density at radius 3 is 2.81 bits per heavy atom. The van der Waals surface area contributed by atoms with Crippen LogP contribution in [0.4, 0.5) is 0 Å². The number of thioether (sulfide) groups is 1. The number of guanidine groups is 1. The lowest BCUT2D eigenvalue weighted by Crippen LogP contribution is -2.42. The predicted octanol–water partition coefficient (Wildman–Crippen LogP) is 3.67. The highest BCUT2D eigenvalue weighted by Crippen LogP contribution is 2.28. The van der Waals surface area contributed by atoms with Gasteiger partial charge < -0.3 is 20.1 Å². The van der Waals surface area contributed by atoms with Crippen molar-refractivity contribution in [3.63, 3.8) is 0 Å². The Hall–Kier alpha value is -0.670. The van der Waals surface area contributed by atoms with Crippen molar-refractivity contribution in [2.45, 2.75) is 44.1 Å². The summed E-state index contributed by atoms with van der Waals surface area (Å²) in [5.41, 5.74) is 1.06. The van der Waals surface area contributed by atoms with E-state index in [1.165, 1.54) is 19.3 Å². The zero-order valence-electron chi connectivity index (χ0n) is 16.0. The molecule has 2 rings (SSSR count). The normalized spacial score (nSPS) is 19.7. The number of nitrogens with zero attached hydrogens (tertiary/aromatic N) is 1. The molecule has 0 radical (unpaired) electrons. The zero-order chi connectivity index (χ0) is 17.9. The van der Waals surface area contributed by atoms with Crippen LogP contribution in [0.5, 0.6) is 5.75 Å². The molecular formula is C19H32IN3O2S. The fraction of sp³-hybridized carbons (Fsp3) is 0.632. The lowest BCUT2D eigenvalue weighted by Gasteiger charge is -2.17. The third-order valence-electron chi connectivity index (χ3n) is 4.36. The maximum Gasteiger partial charge on any atom is 0.191 e. The van der Waals surface area contributed by atoms with E-state index in [1.54, 1.807) is 7.11 Å². The minimum atomic E-state index is 0. The standard InChI is InChI=1S/C19H31N3O2S.HI/c1-4-20-19(22-16-9-10-17(13-16)25-3)21-11-12-24-14-15-7-5-6-8-18(15)23-2;/h5-8,16-17H,4,9-14H2,1-3H3,(H2,20,21,22);1H. The van der Waals surface area contributed by atoms with Crippen molar-refractivity contribution in [2.75, 3.05) is 33.1 Å². The van der Waals surface area contributed by atoms with Gasteiger partial charge in [-0.15, -0.1) is 24.0 Å². The van der Waals surface area contributed by atoms with E-state index in [2.05, 4.69) is 28.8 Å². The van der Waals surface area contributed by atoms with E-state index >= 15 is 0 Å². The van der Waals surface area contributed by atoms with Crippen molar-refractivity contribution < 1.29 is 9.47 Å². The topological polar surface area (TPSA) is 54.9 Å². The number of ether oxygens (including phenoxy) is 2. The van der Waals surface area contributed by atoms with Gasteiger partial charge in [0.2, 0.25) is 0 Å². The second kappa shape index (κ2) is 13.5. The van der Waals surface area contributed by atoms with Gasteiger partial charge in [0, 0.05) is 23.4 Å². The second-order valence-corrected chi connectivity index (χ2v) is 7.28. The molecule has 1 aliphatic carbocycles. The molecule has 1 fully saturated rings. The smallest absolute Gasteiger partial charge is 0.191 e. The van der Waals surface area contributed by atoms with Crippen LogP contribution in [0.1, 0.15) is 31.7 Å². The molecule has 2 unspecified atom stereocenters. The minimum Gasteiger partial charge on any atom is -0.496 e. The SMILES string of the molecule is CCNC(=NCCOCc1ccccc1OC)NC1CCC(SC)C1.I. The Bertz CT molecular complexity index is 545. The van der Waals surface area contributed by atoms with Crippen LogP contribution in [0.15, 0.2) is 29.3 Å². The summed E-state index contributed by atoms with van der Waals surface area (Å²) in [4.78, 5) is 4.63. The number of para-hydroxylation sites is 1. The number of aliphatic imine (C=N–C) groups is 1. The zero-order valence-corrected chi connectivity index (χ0v) is 19.1. The molecule has 0 saturated heterocycles. The van der Waals surface area contributed by atoms with Gasteiger partial charge in [0.1, 0.15) is 5.75 Å². The van der Waals surface area contributed by atoms with E-state index in [9.17, 15) is 0 Å². The van der Waals surface area contributed by atoms with Crippen LogP contribution < -0.4 is 15.4 Å². The average molecular weight is 493 g/mol. The summed E-state index contributed by atoms with van der Waals surface area (Å²) in [7, 11) is 1.68. The molecule has 148 valence electrons. The number of nitrogens with one attached hydrogen (secondary N) is 2. The quantitative estimate of drug-likeness (QED) is 0.238. The van der Waals surface area contributed by atoms with Crippen LogP contribution in [0.25, 0.3) is 0 Å². The lowest BCUT2D eigenvalue weighted by molar-refractivity contribution is 0.126. The molecule has 5 nitrogen and oxygen atoms in total. The maximum absolute atomic E-state index is 5.75. The van der Waals surface area contributed by atoms with Crippen LogP contribution in [0, 0.1) is 0 Å². The van der Waals surface area contributed by atoms with Crippen molar-refractivity contribution in [1.82, 2.24) is 10.6 Å². The van der Waals surface area contributed by atoms with Crippen molar-refractivity contribution in [1.29, 1.82) is 0 Å². The molecule has 26 heavy (non-hydrogen) atoms. The molecule has 0 bridgehead atoms. The van der Waals surface area contributed by atoms with Crippen LogP contribution >= 0.6 is 35.7 Å². The molecule has 2 N–H and O–H groups in total. The first-order valence-electron chi connectivity index (χ1n) is 9.04. The van der Waals surface area contributed by atoms with Crippen LogP contribution in [0.2, 0.25) is 0 Å². The molecule has 0 heterocycles. The molecule has 1 aromatic carbocycles. The number of hydrogen-bond acceptors (Lipinski definition) is 4. The first-order chi connectivity index (χ1) is 12.3. The predicted molar refractivity (Wildman–Crippen MR) is 122 cm³/mol. The second-order valence-electron chi connectivity index (χ2n) is 6.14. The number of methoxy groups -OCH3 is 1. The first-order valence-corrected chi connectivity index (χ1v) is 10.3. The number of halogens is 1. The molecule has 0 aromatic heterocycles. The van der Waals surface area contributed by atoms with Crippen molar-refractivity contribution >= 4 is 41.7 Å². The third kappa shape index (κ3) is 7.92. The van der Waals surface area contributed by atoms with Gasteiger partial charge in [0.25, 0.3) is 0 Å². The fourth-order valence-corrected chi connectivity index (χ4v) is 3.82. The van der Waals surface area contributed by atoms with Gasteiger partial charge in [-0.3, -0.25) is 4.99 Å². The number of hydrogen-bond donors (Lipinski definition) is 2. The van der Waals surface area contributed by atoms with Gasteiger partial charge in [0.15, 0.2) is 5.96 Å². The van der Waals surface area contributed by atoms with Crippen molar-refractivity contribution in [3.8, 4) is 5.75 Å². The molecule has 0 amide bonds. The van der Waals surface area contributed by atoms with Crippen molar-refractivity contribution in [2.24, 2.45) is 4.99 Å². The molecule has 1 aromatic rings. The summed E-state index contributed by atoms with van der Waals surface area (Å²) in [5.74, 6) is 1.76. The van der Waals surface area contributed by atoms with E-state index in [4.69, 9.17) is 9.47 Å². The summed E-state index contributed by atoms with van der Waals surface area (Å²) in [6.45, 7) is 4.73. The molecule has 7 heteroatoms. The van der Waals surface area contributed by atoms with Gasteiger partial charge in [-0.1, -0.05) is 18.2 Å². The molecule has 0 aliphatic heterocycles. The van der Waals surface area contributed by atoms with Crippen LogP contribution in [0.3, 0.4) is 0 Å². The largest absolute Gasteiger partial charge is 0.496 e. The number of rotatable bonds is 9. The minimum absolute atomic E-state index is 0. The number of benzene rings is 1. The molecule has 1 saturated carbocycles. The first kappa shape index (κ1) is 23.4. The van der Waals surface area contributed by atoms with E-state index in [-0.39, 0.29) is 24.0 Å². The summed E-state index contributed by atoms with van der Waals surface area (Å²) in [6, 6.07) is 8.47. The molecular weight excluding hydrogens is 461 g/mol. The Kier molecular flexibility index (Phi) is 12.1. The van der Waals surface area contributed by atoms with Crippen LogP contribution in [-0.2, 0) is 11.3 Å². The Labute approximate surface area is 179 Å². The summed E-state index contributed by atoms with van der Waals surface area (Å²) in [6.07, 6.45) is 5.93. The maximum atomic E-state index is 5.75. The average Bonchev–Trinajstić information content (AvgIpc) is 3.09. The Morgan fingerprint density at radius 1 is 1.31 bits per heavy atom. The van der Waals surface area contributed by atoms with Gasteiger partial charge in [-0.05, 0) is 38.5 Å². The summed E-state index contributed by atoms with van der Waals surface area (Å²) < 4.78 is 11.1. The summed E-state index contributed by atoms with van der Waals surface area (Å²) >= 11 is 1.97. The Balaban J connectivity index is 0.00000338. The van der Waals surface area contributed by atoms with E-state index < -0.39 is 0 Å². The van der Waals surface area contributed by atoms with E-state index in [1.807, 2.05) is 36.0 Å². The van der Waals surface area contributed by atoms with Gasteiger partial charge in [-0.25, -0.2) is 0 Å². The lowest BCUT2D eigenvalue weighted by atomic mass is 10.2. The van der Waals surface area contributed by atoms with Crippen molar-refractivity contribution in [3.05, 3.63) is 29.8 Å². The molecule has 2 atom stereocenters. The summed E-state index contributed by atoms with van der Waals surface area (Å²) in [5, 5.41) is 7.67. The highest BCUT2D eigenvalue weighted by molar-refractivity contribution is 14.0. The van der Waals surface area contributed by atoms with E-state index in [0.717, 1.165) is 29.1 Å². The Morgan fingerprint density at radius 2 is 2.12 bits per heavy atom. The fourth-order valence-electron chi connectivity index (χ4n) is 3.02. The highest BCUT2D eigenvalue weighted by atomic mass is 127. The third-order valence-corrected chi connectivity index (χ3v) is 5.45. The molecule has 0 spiro atoms. The highest BCUT2D eigenvalue weighted by Gasteiger charge is 2.24. The van der Waals surface area contributed by atoms with E-state index in [0.29, 0.717) is 25.8 Å². The van der Waals surface area contributed by atoms with Gasteiger partial charge in [-0.2, -0.15) is 11.8 Å². The van der Waals surface area contributed by atoms with Crippen LogP contribution in [-0.4, -0.2) is 50.3 Å². The van der Waals surface area contributed by atoms with Gasteiger partial charge >= 0.3 is 0 Å². The van der Waals surface area contributed by atoms with Gasteiger partial charge in [0.05, 0.1) is 26.9 Å². The monoisotopic (exact) mass is 493 g/mol. The molecule has 1 aliphatic rings.